The van der Waals surface area contributed by atoms with Crippen LogP contribution in [0.4, 0.5) is 0 Å². The fraction of sp³-hybridized carbons (Fsp3) is 0.867. The summed E-state index contributed by atoms with van der Waals surface area (Å²) in [6, 6.07) is -0.213. The Labute approximate surface area is 140 Å². The van der Waals surface area contributed by atoms with E-state index in [1.807, 2.05) is 32.6 Å². The van der Waals surface area contributed by atoms with E-state index in [2.05, 4.69) is 10.2 Å². The van der Waals surface area contributed by atoms with Crippen LogP contribution < -0.4 is 11.1 Å². The van der Waals surface area contributed by atoms with Crippen LogP contribution in [0.15, 0.2) is 0 Å². The minimum atomic E-state index is -0.426. The van der Waals surface area contributed by atoms with Crippen molar-refractivity contribution in [3.63, 3.8) is 0 Å². The van der Waals surface area contributed by atoms with E-state index in [0.29, 0.717) is 19.6 Å². The summed E-state index contributed by atoms with van der Waals surface area (Å²) in [6.07, 6.45) is 0.932. The van der Waals surface area contributed by atoms with Gasteiger partial charge in [-0.25, -0.2) is 0 Å². The molecule has 1 unspecified atom stereocenters. The number of piperazine rings is 1. The highest BCUT2D eigenvalue weighted by Gasteiger charge is 2.27. The number of nitrogens with one attached hydrogen (secondary N) is 1. The first kappa shape index (κ1) is 21.1. The van der Waals surface area contributed by atoms with Gasteiger partial charge in [-0.2, -0.15) is 0 Å². The molecule has 0 aromatic rings. The summed E-state index contributed by atoms with van der Waals surface area (Å²) in [6.45, 7) is 11.1. The number of nitrogens with zero attached hydrogens (tertiary/aromatic N) is 2. The molecule has 1 saturated heterocycles. The molecular weight excluding hydrogens is 304 g/mol. The normalized spacial score (nSPS) is 18.5. The SMILES string of the molecule is CCC(C)NC(=O)CN1CCN(C(=O)[C@@H](N)C(C)C)CC1.Cl. The second-order valence-corrected chi connectivity index (χ2v) is 6.25. The third kappa shape index (κ3) is 6.50. The van der Waals surface area contributed by atoms with Crippen molar-refractivity contribution in [2.45, 2.75) is 46.2 Å². The maximum absolute atomic E-state index is 12.2. The lowest BCUT2D eigenvalue weighted by molar-refractivity contribution is -0.135. The highest BCUT2D eigenvalue weighted by molar-refractivity contribution is 5.85. The number of hydrogen-bond acceptors (Lipinski definition) is 4. The van der Waals surface area contributed by atoms with E-state index in [1.54, 1.807) is 0 Å². The minimum absolute atomic E-state index is 0. The van der Waals surface area contributed by atoms with E-state index in [9.17, 15) is 9.59 Å². The van der Waals surface area contributed by atoms with Crippen LogP contribution in [0.1, 0.15) is 34.1 Å². The Morgan fingerprint density at radius 2 is 1.68 bits per heavy atom. The highest BCUT2D eigenvalue weighted by Crippen LogP contribution is 2.07. The fourth-order valence-corrected chi connectivity index (χ4v) is 2.25. The van der Waals surface area contributed by atoms with Gasteiger partial charge in [-0.1, -0.05) is 20.8 Å². The second-order valence-electron chi connectivity index (χ2n) is 6.25. The average Bonchev–Trinajstić information content (AvgIpc) is 2.46. The van der Waals surface area contributed by atoms with Gasteiger partial charge in [-0.15, -0.1) is 12.4 Å². The first-order valence-corrected chi connectivity index (χ1v) is 7.91. The molecule has 3 N–H and O–H groups in total. The smallest absolute Gasteiger partial charge is 0.239 e. The molecule has 0 saturated carbocycles. The summed E-state index contributed by atoms with van der Waals surface area (Å²) in [5.74, 6) is 0.230. The largest absolute Gasteiger partial charge is 0.353 e. The van der Waals surface area contributed by atoms with Gasteiger partial charge in [-0.3, -0.25) is 14.5 Å². The Morgan fingerprint density at radius 1 is 1.14 bits per heavy atom. The van der Waals surface area contributed by atoms with Crippen LogP contribution in [0.3, 0.4) is 0 Å². The average molecular weight is 335 g/mol. The van der Waals surface area contributed by atoms with Crippen molar-refractivity contribution in [2.24, 2.45) is 11.7 Å². The molecule has 0 radical (unpaired) electrons. The Morgan fingerprint density at radius 3 is 2.14 bits per heavy atom. The van der Waals surface area contributed by atoms with E-state index in [1.165, 1.54) is 0 Å². The minimum Gasteiger partial charge on any atom is -0.353 e. The van der Waals surface area contributed by atoms with Crippen molar-refractivity contribution < 1.29 is 9.59 Å². The standard InChI is InChI=1S/C15H30N4O2.ClH/c1-5-12(4)17-13(20)10-18-6-8-19(9-7-18)15(21)14(16)11(2)3;/h11-12,14H,5-10,16H2,1-4H3,(H,17,20);1H/t12?,14-;/m0./s1. The zero-order valence-electron chi connectivity index (χ0n) is 14.2. The van der Waals surface area contributed by atoms with Crippen LogP contribution in [0.5, 0.6) is 0 Å². The molecule has 130 valence electrons. The summed E-state index contributed by atoms with van der Waals surface area (Å²) >= 11 is 0. The molecule has 0 aromatic carbocycles. The molecule has 1 rings (SSSR count). The van der Waals surface area contributed by atoms with E-state index in [-0.39, 0.29) is 36.2 Å². The molecule has 2 atom stereocenters. The van der Waals surface area contributed by atoms with Crippen molar-refractivity contribution in [3.05, 3.63) is 0 Å². The van der Waals surface area contributed by atoms with Crippen LogP contribution in [-0.2, 0) is 9.59 Å². The van der Waals surface area contributed by atoms with Crippen molar-refractivity contribution in [1.29, 1.82) is 0 Å². The van der Waals surface area contributed by atoms with Gasteiger partial charge < -0.3 is 16.0 Å². The van der Waals surface area contributed by atoms with Crippen molar-refractivity contribution in [2.75, 3.05) is 32.7 Å². The van der Waals surface area contributed by atoms with Gasteiger partial charge in [-0.05, 0) is 19.3 Å². The Hall–Kier alpha value is -0.850. The summed E-state index contributed by atoms with van der Waals surface area (Å²) in [4.78, 5) is 27.9. The molecule has 0 aliphatic carbocycles. The molecule has 2 amide bonds. The van der Waals surface area contributed by atoms with Gasteiger partial charge >= 0.3 is 0 Å². The molecule has 22 heavy (non-hydrogen) atoms. The molecule has 0 spiro atoms. The maximum atomic E-state index is 12.2. The summed E-state index contributed by atoms with van der Waals surface area (Å²) in [7, 11) is 0. The van der Waals surface area contributed by atoms with Gasteiger partial charge in [0.2, 0.25) is 11.8 Å². The number of carbonyl (C=O) groups excluding carboxylic acids is 2. The Kier molecular flexibility index (Phi) is 9.64. The van der Waals surface area contributed by atoms with E-state index in [4.69, 9.17) is 5.73 Å². The van der Waals surface area contributed by atoms with Gasteiger partial charge in [0.25, 0.3) is 0 Å². The summed E-state index contributed by atoms with van der Waals surface area (Å²) in [5.41, 5.74) is 5.91. The zero-order chi connectivity index (χ0) is 16.0. The zero-order valence-corrected chi connectivity index (χ0v) is 15.0. The number of carbonyl (C=O) groups is 2. The molecule has 1 aliphatic heterocycles. The van der Waals surface area contributed by atoms with Crippen LogP contribution in [0.25, 0.3) is 0 Å². The first-order valence-electron chi connectivity index (χ1n) is 7.91. The molecule has 0 aromatic heterocycles. The predicted octanol–water partition coefficient (Wildman–Crippen LogP) is 0.450. The lowest BCUT2D eigenvalue weighted by Gasteiger charge is -2.36. The van der Waals surface area contributed by atoms with Crippen LogP contribution >= 0.6 is 12.4 Å². The molecule has 1 fully saturated rings. The number of amides is 2. The lowest BCUT2D eigenvalue weighted by atomic mass is 10.0. The van der Waals surface area contributed by atoms with Crippen molar-refractivity contribution in [1.82, 2.24) is 15.1 Å². The second kappa shape index (κ2) is 10.0. The summed E-state index contributed by atoms with van der Waals surface area (Å²) < 4.78 is 0. The van der Waals surface area contributed by atoms with Crippen LogP contribution in [0.2, 0.25) is 0 Å². The Bertz CT molecular complexity index is 357. The van der Waals surface area contributed by atoms with Crippen molar-refractivity contribution >= 4 is 24.2 Å². The number of halogens is 1. The summed E-state index contributed by atoms with van der Waals surface area (Å²) in [5, 5.41) is 2.96. The molecule has 1 heterocycles. The quantitative estimate of drug-likeness (QED) is 0.739. The third-order valence-corrected chi connectivity index (χ3v) is 4.07. The highest BCUT2D eigenvalue weighted by atomic mass is 35.5. The lowest BCUT2D eigenvalue weighted by Crippen LogP contribution is -2.55. The fourth-order valence-electron chi connectivity index (χ4n) is 2.25. The third-order valence-electron chi connectivity index (χ3n) is 4.07. The molecule has 1 aliphatic rings. The van der Waals surface area contributed by atoms with E-state index in [0.717, 1.165) is 19.5 Å². The predicted molar refractivity (Wildman–Crippen MR) is 91.0 cm³/mol. The van der Waals surface area contributed by atoms with Gasteiger partial charge in [0.1, 0.15) is 0 Å². The Balaban J connectivity index is 0.00000441. The molecule has 7 heteroatoms. The van der Waals surface area contributed by atoms with Crippen LogP contribution in [-0.4, -0.2) is 66.4 Å². The molecule has 6 nitrogen and oxygen atoms in total. The number of rotatable bonds is 6. The number of hydrogen-bond donors (Lipinski definition) is 2. The first-order chi connectivity index (χ1) is 9.85. The molecular formula is C15H31ClN4O2. The van der Waals surface area contributed by atoms with Gasteiger partial charge in [0, 0.05) is 32.2 Å². The molecule has 0 bridgehead atoms. The van der Waals surface area contributed by atoms with Gasteiger partial charge in [0.15, 0.2) is 0 Å². The topological polar surface area (TPSA) is 78.7 Å². The van der Waals surface area contributed by atoms with Gasteiger partial charge in [0.05, 0.1) is 12.6 Å². The van der Waals surface area contributed by atoms with Crippen LogP contribution in [0, 0.1) is 5.92 Å². The van der Waals surface area contributed by atoms with E-state index < -0.39 is 6.04 Å². The monoisotopic (exact) mass is 334 g/mol. The van der Waals surface area contributed by atoms with E-state index >= 15 is 0 Å². The number of nitrogens with two attached hydrogens (primary N) is 1. The maximum Gasteiger partial charge on any atom is 0.239 e. The van der Waals surface area contributed by atoms with Crippen molar-refractivity contribution in [3.8, 4) is 0 Å².